The van der Waals surface area contributed by atoms with Gasteiger partial charge in [0.2, 0.25) is 0 Å². The van der Waals surface area contributed by atoms with Crippen molar-refractivity contribution in [3.05, 3.63) is 11.9 Å². The van der Waals surface area contributed by atoms with Gasteiger partial charge in [-0.3, -0.25) is 9.48 Å². The van der Waals surface area contributed by atoms with E-state index in [-0.39, 0.29) is 0 Å². The van der Waals surface area contributed by atoms with E-state index < -0.39 is 0 Å². The Morgan fingerprint density at radius 3 is 3.00 bits per heavy atom. The predicted octanol–water partition coefficient (Wildman–Crippen LogP) is 0.747. The summed E-state index contributed by atoms with van der Waals surface area (Å²) in [5, 5.41) is 4.08. The molecular weight excluding hydrogens is 144 g/mol. The van der Waals surface area contributed by atoms with Crippen LogP contribution in [0.3, 0.4) is 0 Å². The van der Waals surface area contributed by atoms with Gasteiger partial charge in [-0.2, -0.15) is 5.10 Å². The first-order valence-corrected chi connectivity index (χ1v) is 3.42. The van der Waals surface area contributed by atoms with Crippen molar-refractivity contribution in [2.45, 2.75) is 20.4 Å². The summed E-state index contributed by atoms with van der Waals surface area (Å²) >= 11 is 0. The highest BCUT2D eigenvalue weighted by Crippen LogP contribution is 2.13. The first-order chi connectivity index (χ1) is 5.27. The number of rotatable bonds is 3. The van der Waals surface area contributed by atoms with Crippen LogP contribution in [0.1, 0.15) is 12.6 Å². The van der Waals surface area contributed by atoms with Gasteiger partial charge in [0.1, 0.15) is 5.69 Å². The molecule has 0 atom stereocenters. The van der Waals surface area contributed by atoms with Gasteiger partial charge in [-0.1, -0.05) is 0 Å². The Balaban J connectivity index is 2.87. The standard InChI is InChI=1S/C7H10N2O2/c1-3-9-4-7(11-5-10)6(2)8-9/h4-5H,3H2,1-2H3. The molecule has 1 aromatic rings. The lowest BCUT2D eigenvalue weighted by Crippen LogP contribution is -1.93. The fourth-order valence-electron chi connectivity index (χ4n) is 0.829. The summed E-state index contributed by atoms with van der Waals surface area (Å²) in [6.07, 6.45) is 1.70. The molecular formula is C7H10N2O2. The lowest BCUT2D eigenvalue weighted by atomic mass is 10.4. The second kappa shape index (κ2) is 3.18. The van der Waals surface area contributed by atoms with E-state index in [1.54, 1.807) is 17.8 Å². The predicted molar refractivity (Wildman–Crippen MR) is 39.3 cm³/mol. The quantitative estimate of drug-likeness (QED) is 0.603. The Bertz CT molecular complexity index is 255. The molecule has 4 heteroatoms. The van der Waals surface area contributed by atoms with E-state index in [0.717, 1.165) is 12.2 Å². The van der Waals surface area contributed by atoms with Gasteiger partial charge in [0.05, 0.1) is 6.20 Å². The molecule has 0 amide bonds. The van der Waals surface area contributed by atoms with Crippen LogP contribution in [-0.4, -0.2) is 16.3 Å². The van der Waals surface area contributed by atoms with Crippen LogP contribution in [0.4, 0.5) is 0 Å². The molecule has 11 heavy (non-hydrogen) atoms. The van der Waals surface area contributed by atoms with Gasteiger partial charge in [-0.15, -0.1) is 0 Å². The van der Waals surface area contributed by atoms with Gasteiger partial charge in [0, 0.05) is 6.54 Å². The Labute approximate surface area is 64.8 Å². The lowest BCUT2D eigenvalue weighted by molar-refractivity contribution is -0.120. The molecule has 0 bridgehead atoms. The van der Waals surface area contributed by atoms with Crippen molar-refractivity contribution in [1.29, 1.82) is 0 Å². The molecule has 4 nitrogen and oxygen atoms in total. The molecule has 0 aromatic carbocycles. The van der Waals surface area contributed by atoms with Crippen molar-refractivity contribution in [2.75, 3.05) is 0 Å². The third-order valence-electron chi connectivity index (χ3n) is 1.40. The fourth-order valence-corrected chi connectivity index (χ4v) is 0.829. The fraction of sp³-hybridized carbons (Fsp3) is 0.429. The maximum Gasteiger partial charge on any atom is 0.298 e. The van der Waals surface area contributed by atoms with Crippen molar-refractivity contribution in [3.63, 3.8) is 0 Å². The van der Waals surface area contributed by atoms with E-state index in [0.29, 0.717) is 12.2 Å². The molecule has 0 aliphatic rings. The molecule has 0 saturated heterocycles. The van der Waals surface area contributed by atoms with E-state index >= 15 is 0 Å². The number of hydrogen-bond donors (Lipinski definition) is 0. The average Bonchev–Trinajstić information content (AvgIpc) is 2.33. The Hall–Kier alpha value is -1.32. The second-order valence-electron chi connectivity index (χ2n) is 2.15. The summed E-state index contributed by atoms with van der Waals surface area (Å²) in [4.78, 5) is 9.96. The van der Waals surface area contributed by atoms with E-state index in [9.17, 15) is 4.79 Å². The van der Waals surface area contributed by atoms with Crippen molar-refractivity contribution in [1.82, 2.24) is 9.78 Å². The molecule has 0 spiro atoms. The van der Waals surface area contributed by atoms with Crippen LogP contribution in [0.15, 0.2) is 6.20 Å². The zero-order valence-corrected chi connectivity index (χ0v) is 6.57. The average molecular weight is 154 g/mol. The van der Waals surface area contributed by atoms with E-state index in [2.05, 4.69) is 9.84 Å². The number of hydrogen-bond acceptors (Lipinski definition) is 3. The lowest BCUT2D eigenvalue weighted by Gasteiger charge is -1.90. The SMILES string of the molecule is CCn1cc(OC=O)c(C)n1. The summed E-state index contributed by atoms with van der Waals surface area (Å²) in [6.45, 7) is 4.95. The number of aryl methyl sites for hydroxylation is 2. The van der Waals surface area contributed by atoms with E-state index in [1.807, 2.05) is 6.92 Å². The highest BCUT2D eigenvalue weighted by Gasteiger charge is 2.03. The smallest absolute Gasteiger partial charge is 0.298 e. The van der Waals surface area contributed by atoms with Crippen molar-refractivity contribution in [3.8, 4) is 5.75 Å². The Morgan fingerprint density at radius 1 is 1.82 bits per heavy atom. The molecule has 0 aliphatic carbocycles. The number of nitrogens with zero attached hydrogens (tertiary/aromatic N) is 2. The van der Waals surface area contributed by atoms with Crippen LogP contribution in [0, 0.1) is 6.92 Å². The summed E-state index contributed by atoms with van der Waals surface area (Å²) < 4.78 is 6.37. The minimum atomic E-state index is 0.407. The van der Waals surface area contributed by atoms with Gasteiger partial charge < -0.3 is 4.74 Å². The summed E-state index contributed by atoms with van der Waals surface area (Å²) in [5.41, 5.74) is 0.735. The van der Waals surface area contributed by atoms with Crippen LogP contribution in [0.25, 0.3) is 0 Å². The Kier molecular flexibility index (Phi) is 2.25. The highest BCUT2D eigenvalue weighted by molar-refractivity contribution is 5.45. The van der Waals surface area contributed by atoms with Crippen LogP contribution in [0.2, 0.25) is 0 Å². The van der Waals surface area contributed by atoms with E-state index in [1.165, 1.54) is 0 Å². The molecule has 0 unspecified atom stereocenters. The number of ether oxygens (including phenoxy) is 1. The minimum Gasteiger partial charge on any atom is -0.425 e. The second-order valence-corrected chi connectivity index (χ2v) is 2.15. The topological polar surface area (TPSA) is 44.1 Å². The highest BCUT2D eigenvalue weighted by atomic mass is 16.5. The molecule has 0 fully saturated rings. The minimum absolute atomic E-state index is 0.407. The summed E-state index contributed by atoms with van der Waals surface area (Å²) in [5.74, 6) is 0.529. The largest absolute Gasteiger partial charge is 0.425 e. The first kappa shape index (κ1) is 7.78. The molecule has 1 rings (SSSR count). The van der Waals surface area contributed by atoms with Crippen molar-refractivity contribution < 1.29 is 9.53 Å². The number of carbonyl (C=O) groups excluding carboxylic acids is 1. The van der Waals surface area contributed by atoms with Crippen LogP contribution < -0.4 is 4.74 Å². The van der Waals surface area contributed by atoms with Gasteiger partial charge >= 0.3 is 0 Å². The summed E-state index contributed by atoms with van der Waals surface area (Å²) in [6, 6.07) is 0. The summed E-state index contributed by atoms with van der Waals surface area (Å²) in [7, 11) is 0. The molecule has 60 valence electrons. The normalized spacial score (nSPS) is 9.64. The molecule has 0 saturated carbocycles. The van der Waals surface area contributed by atoms with Crippen LogP contribution in [0.5, 0.6) is 5.75 Å². The zero-order valence-electron chi connectivity index (χ0n) is 6.57. The van der Waals surface area contributed by atoms with Crippen LogP contribution in [-0.2, 0) is 11.3 Å². The maximum atomic E-state index is 9.96. The first-order valence-electron chi connectivity index (χ1n) is 3.42. The van der Waals surface area contributed by atoms with Crippen LogP contribution >= 0.6 is 0 Å². The van der Waals surface area contributed by atoms with Gasteiger partial charge in [0.25, 0.3) is 6.47 Å². The van der Waals surface area contributed by atoms with Gasteiger partial charge in [-0.05, 0) is 13.8 Å². The molecule has 0 N–H and O–H groups in total. The molecule has 0 aliphatic heterocycles. The third kappa shape index (κ3) is 1.58. The number of carbonyl (C=O) groups is 1. The van der Waals surface area contributed by atoms with Gasteiger partial charge in [0.15, 0.2) is 5.75 Å². The molecule has 1 heterocycles. The van der Waals surface area contributed by atoms with Gasteiger partial charge in [-0.25, -0.2) is 0 Å². The zero-order chi connectivity index (χ0) is 8.27. The Morgan fingerprint density at radius 2 is 2.55 bits per heavy atom. The van der Waals surface area contributed by atoms with Crippen molar-refractivity contribution >= 4 is 6.47 Å². The van der Waals surface area contributed by atoms with Crippen molar-refractivity contribution in [2.24, 2.45) is 0 Å². The molecule has 1 aromatic heterocycles. The van der Waals surface area contributed by atoms with E-state index in [4.69, 9.17) is 0 Å². The monoisotopic (exact) mass is 154 g/mol. The maximum absolute atomic E-state index is 9.96. The third-order valence-corrected chi connectivity index (χ3v) is 1.40. The molecule has 0 radical (unpaired) electrons. The number of aromatic nitrogens is 2.